The zero-order valence-corrected chi connectivity index (χ0v) is 8.35. The summed E-state index contributed by atoms with van der Waals surface area (Å²) in [5.74, 6) is 1.22. The molecule has 0 atom stereocenters. The first-order chi connectivity index (χ1) is 6.72. The maximum absolute atomic E-state index is 10.3. The fourth-order valence-corrected chi connectivity index (χ4v) is 1.10. The van der Waals surface area contributed by atoms with Crippen molar-refractivity contribution in [2.24, 2.45) is 5.29 Å². The van der Waals surface area contributed by atoms with Gasteiger partial charge in [0.15, 0.2) is 0 Å². The van der Waals surface area contributed by atoms with Gasteiger partial charge in [0, 0.05) is 13.1 Å². The fraction of sp³-hybridized carbons (Fsp3) is 0.333. The van der Waals surface area contributed by atoms with Crippen molar-refractivity contribution in [3.8, 4) is 11.5 Å². The molecule has 1 aromatic carbocycles. The molecule has 0 fully saturated rings. The highest BCUT2D eigenvalue weighted by atomic mass is 16.5. The highest BCUT2D eigenvalue weighted by molar-refractivity contribution is 5.60. The van der Waals surface area contributed by atoms with E-state index in [2.05, 4.69) is 5.29 Å². The second kappa shape index (κ2) is 4.45. The molecule has 0 aliphatic carbocycles. The summed E-state index contributed by atoms with van der Waals surface area (Å²) in [6, 6.07) is 5.13. The number of rotatable bonds is 4. The molecule has 5 heteroatoms. The van der Waals surface area contributed by atoms with Gasteiger partial charge in [0.2, 0.25) is 0 Å². The van der Waals surface area contributed by atoms with E-state index in [0.717, 1.165) is 0 Å². The van der Waals surface area contributed by atoms with Crippen LogP contribution in [-0.4, -0.2) is 21.3 Å². The van der Waals surface area contributed by atoms with Crippen molar-refractivity contribution in [2.45, 2.75) is 0 Å². The van der Waals surface area contributed by atoms with Crippen molar-refractivity contribution < 1.29 is 9.47 Å². The Hall–Kier alpha value is -1.78. The lowest BCUT2D eigenvalue weighted by atomic mass is 10.2. The van der Waals surface area contributed by atoms with Gasteiger partial charge < -0.3 is 9.47 Å². The van der Waals surface area contributed by atoms with Crippen LogP contribution in [-0.2, 0) is 0 Å². The number of methoxy groups -OCH3 is 2. The molecule has 0 radical (unpaired) electrons. The van der Waals surface area contributed by atoms with Crippen molar-refractivity contribution in [1.82, 2.24) is 0 Å². The van der Waals surface area contributed by atoms with Gasteiger partial charge in [-0.05, 0) is 12.1 Å². The first-order valence-electron chi connectivity index (χ1n) is 4.02. The molecule has 0 aliphatic heterocycles. The Kier molecular flexibility index (Phi) is 3.28. The normalized spacial score (nSPS) is 9.36. The molecule has 0 aromatic heterocycles. The predicted molar refractivity (Wildman–Crippen MR) is 53.7 cm³/mol. The number of hydrogen-bond acceptors (Lipinski definition) is 4. The van der Waals surface area contributed by atoms with E-state index in [4.69, 9.17) is 9.47 Å². The second-order valence-corrected chi connectivity index (χ2v) is 2.64. The molecular formula is C9H12N2O3. The summed E-state index contributed by atoms with van der Waals surface area (Å²) in [6.45, 7) is 0. The van der Waals surface area contributed by atoms with E-state index in [1.165, 1.54) is 12.1 Å². The fourth-order valence-electron chi connectivity index (χ4n) is 1.10. The summed E-state index contributed by atoms with van der Waals surface area (Å²) < 4.78 is 10.1. The number of benzene rings is 1. The Bertz CT molecular complexity index is 328. The summed E-state index contributed by atoms with van der Waals surface area (Å²) >= 11 is 0. The van der Waals surface area contributed by atoms with Gasteiger partial charge in [0.1, 0.15) is 17.2 Å². The third-order valence-corrected chi connectivity index (χ3v) is 1.86. The van der Waals surface area contributed by atoms with Crippen LogP contribution in [0.1, 0.15) is 0 Å². The molecule has 0 saturated heterocycles. The largest absolute Gasteiger partial charge is 0.497 e. The Morgan fingerprint density at radius 1 is 1.29 bits per heavy atom. The first kappa shape index (κ1) is 10.3. The quantitative estimate of drug-likeness (QED) is 0.544. The summed E-state index contributed by atoms with van der Waals surface area (Å²) in [7, 11) is 4.64. The molecular weight excluding hydrogens is 184 g/mol. The Balaban J connectivity index is 3.10. The molecule has 0 heterocycles. The molecule has 0 spiro atoms. The Morgan fingerprint density at radius 2 is 2.00 bits per heavy atom. The van der Waals surface area contributed by atoms with Gasteiger partial charge in [0.25, 0.3) is 0 Å². The Labute approximate surface area is 82.2 Å². The molecule has 76 valence electrons. The molecule has 0 bridgehead atoms. The lowest BCUT2D eigenvalue weighted by Crippen LogP contribution is -2.08. The van der Waals surface area contributed by atoms with Crippen molar-refractivity contribution in [2.75, 3.05) is 26.3 Å². The topological polar surface area (TPSA) is 51.1 Å². The van der Waals surface area contributed by atoms with E-state index in [0.29, 0.717) is 17.2 Å². The van der Waals surface area contributed by atoms with E-state index < -0.39 is 0 Å². The van der Waals surface area contributed by atoms with Crippen molar-refractivity contribution >= 4 is 5.69 Å². The van der Waals surface area contributed by atoms with Crippen LogP contribution in [0.25, 0.3) is 0 Å². The molecule has 5 nitrogen and oxygen atoms in total. The SMILES string of the molecule is COc1ccc(N(C)N=O)c(OC)c1. The van der Waals surface area contributed by atoms with Crippen LogP contribution in [0, 0.1) is 4.91 Å². The third kappa shape index (κ3) is 1.93. The van der Waals surface area contributed by atoms with Crippen LogP contribution in [0.2, 0.25) is 0 Å². The summed E-state index contributed by atoms with van der Waals surface area (Å²) in [5.41, 5.74) is 0.600. The van der Waals surface area contributed by atoms with E-state index in [1.54, 1.807) is 32.4 Å². The van der Waals surface area contributed by atoms with Gasteiger partial charge in [-0.1, -0.05) is 0 Å². The second-order valence-electron chi connectivity index (χ2n) is 2.64. The average Bonchev–Trinajstić information content (AvgIpc) is 2.27. The maximum atomic E-state index is 10.3. The molecule has 0 N–H and O–H groups in total. The van der Waals surface area contributed by atoms with Gasteiger partial charge >= 0.3 is 0 Å². The van der Waals surface area contributed by atoms with E-state index >= 15 is 0 Å². The number of anilines is 1. The van der Waals surface area contributed by atoms with Gasteiger partial charge in [0.05, 0.1) is 19.5 Å². The lowest BCUT2D eigenvalue weighted by Gasteiger charge is -2.13. The van der Waals surface area contributed by atoms with Gasteiger partial charge in [-0.15, -0.1) is 4.91 Å². The number of ether oxygens (including phenoxy) is 2. The lowest BCUT2D eigenvalue weighted by molar-refractivity contribution is 0.394. The monoisotopic (exact) mass is 196 g/mol. The molecule has 0 aliphatic rings. The smallest absolute Gasteiger partial charge is 0.147 e. The average molecular weight is 196 g/mol. The summed E-state index contributed by atoms with van der Waals surface area (Å²) in [4.78, 5) is 10.3. The summed E-state index contributed by atoms with van der Waals surface area (Å²) in [5, 5.41) is 3.98. The van der Waals surface area contributed by atoms with E-state index in [1.807, 2.05) is 0 Å². The predicted octanol–water partition coefficient (Wildman–Crippen LogP) is 1.82. The van der Waals surface area contributed by atoms with Gasteiger partial charge in [-0.2, -0.15) is 0 Å². The number of nitroso groups, excluding NO2 is 1. The summed E-state index contributed by atoms with van der Waals surface area (Å²) in [6.07, 6.45) is 0. The Morgan fingerprint density at radius 3 is 2.50 bits per heavy atom. The molecule has 1 aromatic rings. The van der Waals surface area contributed by atoms with Crippen LogP contribution in [0.15, 0.2) is 23.5 Å². The van der Waals surface area contributed by atoms with Crippen LogP contribution in [0.3, 0.4) is 0 Å². The minimum atomic E-state index is 0.548. The third-order valence-electron chi connectivity index (χ3n) is 1.86. The molecule has 0 unspecified atom stereocenters. The van der Waals surface area contributed by atoms with Crippen molar-refractivity contribution in [3.63, 3.8) is 0 Å². The van der Waals surface area contributed by atoms with Gasteiger partial charge in [-0.3, -0.25) is 0 Å². The number of nitrogens with zero attached hydrogens (tertiary/aromatic N) is 2. The van der Waals surface area contributed by atoms with Crippen LogP contribution >= 0.6 is 0 Å². The van der Waals surface area contributed by atoms with Crippen molar-refractivity contribution in [1.29, 1.82) is 0 Å². The molecule has 14 heavy (non-hydrogen) atoms. The zero-order chi connectivity index (χ0) is 10.6. The highest BCUT2D eigenvalue weighted by Crippen LogP contribution is 2.31. The van der Waals surface area contributed by atoms with Crippen molar-refractivity contribution in [3.05, 3.63) is 23.1 Å². The first-order valence-corrected chi connectivity index (χ1v) is 4.02. The molecule has 1 rings (SSSR count). The van der Waals surface area contributed by atoms with Crippen LogP contribution in [0.5, 0.6) is 11.5 Å². The van der Waals surface area contributed by atoms with Gasteiger partial charge in [-0.25, -0.2) is 5.01 Å². The molecule has 0 saturated carbocycles. The number of hydrogen-bond donors (Lipinski definition) is 0. The molecule has 0 amide bonds. The zero-order valence-electron chi connectivity index (χ0n) is 8.35. The maximum Gasteiger partial charge on any atom is 0.147 e. The van der Waals surface area contributed by atoms with E-state index in [9.17, 15) is 4.91 Å². The van der Waals surface area contributed by atoms with Crippen LogP contribution < -0.4 is 14.5 Å². The van der Waals surface area contributed by atoms with E-state index in [-0.39, 0.29) is 0 Å². The minimum absolute atomic E-state index is 0.548. The van der Waals surface area contributed by atoms with Crippen LogP contribution in [0.4, 0.5) is 5.69 Å². The minimum Gasteiger partial charge on any atom is -0.497 e. The highest BCUT2D eigenvalue weighted by Gasteiger charge is 2.09. The standard InChI is InChI=1S/C9H12N2O3/c1-11(10-12)8-5-4-7(13-2)6-9(8)14-3/h4-6H,1-3H3.